The van der Waals surface area contributed by atoms with Crippen LogP contribution in [0.15, 0.2) is 49.1 Å². The largest absolute Gasteiger partial charge is 0.369 e. The molecule has 0 radical (unpaired) electrons. The average molecular weight is 403 g/mol. The van der Waals surface area contributed by atoms with Crippen molar-refractivity contribution in [3.8, 4) is 0 Å². The molecule has 3 aromatic rings. The summed E-state index contributed by atoms with van der Waals surface area (Å²) in [6, 6.07) is 7.98. The average Bonchev–Trinajstić information content (AvgIpc) is 2.84. The number of piperidine rings is 1. The number of amides is 1. The third-order valence-electron chi connectivity index (χ3n) is 6.01. The summed E-state index contributed by atoms with van der Waals surface area (Å²) in [5.74, 6) is 1.28. The minimum atomic E-state index is 0.0257. The van der Waals surface area contributed by atoms with Gasteiger partial charge in [0, 0.05) is 57.9 Å². The summed E-state index contributed by atoms with van der Waals surface area (Å²) in [6.45, 7) is 4.81. The fourth-order valence-corrected chi connectivity index (χ4v) is 4.39. The zero-order valence-corrected chi connectivity index (χ0v) is 16.9. The van der Waals surface area contributed by atoms with E-state index >= 15 is 0 Å². The number of hydrogen-bond acceptors (Lipinski definition) is 7. The van der Waals surface area contributed by atoms with Gasteiger partial charge in [-0.3, -0.25) is 9.78 Å². The van der Waals surface area contributed by atoms with Crippen molar-refractivity contribution in [2.75, 3.05) is 49.1 Å². The van der Waals surface area contributed by atoms with Crippen molar-refractivity contribution in [2.45, 2.75) is 12.8 Å². The highest BCUT2D eigenvalue weighted by Gasteiger charge is 2.31. The van der Waals surface area contributed by atoms with Gasteiger partial charge in [0.15, 0.2) is 5.65 Å². The number of carbonyl (C=O) groups excluding carboxylic acids is 1. The maximum absolute atomic E-state index is 13.2. The monoisotopic (exact) mass is 403 g/mol. The number of rotatable bonds is 3. The SMILES string of the molecule is O=C(C1CCCN(c2cnc3nccnc3c2)C1)N1CCN(c2ccccn2)CC1. The number of pyridine rings is 2. The van der Waals surface area contributed by atoms with Gasteiger partial charge in [-0.2, -0.15) is 0 Å². The Morgan fingerprint density at radius 1 is 0.900 bits per heavy atom. The highest BCUT2D eigenvalue weighted by Crippen LogP contribution is 2.26. The summed E-state index contributed by atoms with van der Waals surface area (Å²) in [5.41, 5.74) is 2.45. The summed E-state index contributed by atoms with van der Waals surface area (Å²) in [5, 5.41) is 0. The van der Waals surface area contributed by atoms with Gasteiger partial charge >= 0.3 is 0 Å². The van der Waals surface area contributed by atoms with Gasteiger partial charge in [0.25, 0.3) is 0 Å². The molecule has 1 atom stereocenters. The lowest BCUT2D eigenvalue weighted by atomic mass is 9.95. The Labute approximate surface area is 175 Å². The summed E-state index contributed by atoms with van der Waals surface area (Å²) >= 11 is 0. The molecule has 0 aliphatic carbocycles. The van der Waals surface area contributed by atoms with E-state index in [1.165, 1.54) is 0 Å². The molecule has 0 spiro atoms. The van der Waals surface area contributed by atoms with Gasteiger partial charge in [-0.1, -0.05) is 6.07 Å². The standard InChI is InChI=1S/C22H25N7O/c30-22(28-12-10-27(11-13-28)20-5-1-2-6-24-20)17-4-3-9-29(16-17)18-14-19-21(26-15-18)25-8-7-23-19/h1-2,5-8,14-15,17H,3-4,9-13,16H2. The fourth-order valence-electron chi connectivity index (χ4n) is 4.39. The number of anilines is 2. The summed E-state index contributed by atoms with van der Waals surface area (Å²) in [4.78, 5) is 37.2. The number of fused-ring (bicyclic) bond motifs is 1. The van der Waals surface area contributed by atoms with Crippen LogP contribution in [0.3, 0.4) is 0 Å². The molecule has 0 aromatic carbocycles. The molecule has 2 aliphatic heterocycles. The van der Waals surface area contributed by atoms with Crippen molar-refractivity contribution in [3.05, 3.63) is 49.1 Å². The molecular weight excluding hydrogens is 378 g/mol. The van der Waals surface area contributed by atoms with E-state index in [4.69, 9.17) is 0 Å². The van der Waals surface area contributed by atoms with E-state index in [1.807, 2.05) is 41.6 Å². The molecule has 154 valence electrons. The smallest absolute Gasteiger partial charge is 0.227 e. The summed E-state index contributed by atoms with van der Waals surface area (Å²) < 4.78 is 0. The van der Waals surface area contributed by atoms with Crippen molar-refractivity contribution in [2.24, 2.45) is 5.92 Å². The van der Waals surface area contributed by atoms with E-state index in [0.717, 1.165) is 69.1 Å². The van der Waals surface area contributed by atoms with Crippen LogP contribution in [0.1, 0.15) is 12.8 Å². The molecule has 0 bridgehead atoms. The first-order valence-electron chi connectivity index (χ1n) is 10.5. The topological polar surface area (TPSA) is 78.4 Å². The highest BCUT2D eigenvalue weighted by molar-refractivity contribution is 5.80. The molecule has 5 rings (SSSR count). The molecule has 5 heterocycles. The zero-order valence-electron chi connectivity index (χ0n) is 16.9. The van der Waals surface area contributed by atoms with Crippen molar-refractivity contribution >= 4 is 28.6 Å². The van der Waals surface area contributed by atoms with E-state index in [9.17, 15) is 4.79 Å². The Morgan fingerprint density at radius 3 is 2.60 bits per heavy atom. The van der Waals surface area contributed by atoms with E-state index in [1.54, 1.807) is 12.4 Å². The lowest BCUT2D eigenvalue weighted by molar-refractivity contribution is -0.136. The number of carbonyl (C=O) groups is 1. The minimum absolute atomic E-state index is 0.0257. The fraction of sp³-hybridized carbons (Fsp3) is 0.409. The van der Waals surface area contributed by atoms with E-state index in [2.05, 4.69) is 29.7 Å². The second-order valence-corrected chi connectivity index (χ2v) is 7.88. The number of piperazine rings is 1. The van der Waals surface area contributed by atoms with Crippen LogP contribution in [0.5, 0.6) is 0 Å². The summed E-state index contributed by atoms with van der Waals surface area (Å²) in [7, 11) is 0. The Balaban J connectivity index is 1.23. The molecule has 3 aromatic heterocycles. The number of hydrogen-bond donors (Lipinski definition) is 0. The van der Waals surface area contributed by atoms with Crippen LogP contribution < -0.4 is 9.80 Å². The van der Waals surface area contributed by atoms with Gasteiger partial charge in [-0.05, 0) is 31.0 Å². The minimum Gasteiger partial charge on any atom is -0.369 e. The van der Waals surface area contributed by atoms with E-state index in [0.29, 0.717) is 5.65 Å². The van der Waals surface area contributed by atoms with Gasteiger partial charge in [0.1, 0.15) is 11.3 Å². The predicted octanol–water partition coefficient (Wildman–Crippen LogP) is 1.98. The van der Waals surface area contributed by atoms with Crippen LogP contribution in [0.25, 0.3) is 11.2 Å². The normalized spacial score (nSPS) is 19.9. The Kier molecular flexibility index (Phi) is 5.13. The molecule has 0 saturated carbocycles. The molecule has 2 fully saturated rings. The molecular formula is C22H25N7O. The lowest BCUT2D eigenvalue weighted by Crippen LogP contribution is -2.52. The van der Waals surface area contributed by atoms with Gasteiger partial charge in [0.2, 0.25) is 5.91 Å². The van der Waals surface area contributed by atoms with Crippen LogP contribution >= 0.6 is 0 Å². The lowest BCUT2D eigenvalue weighted by Gasteiger charge is -2.39. The molecule has 1 amide bonds. The molecule has 2 aliphatic rings. The van der Waals surface area contributed by atoms with Crippen molar-refractivity contribution < 1.29 is 4.79 Å². The van der Waals surface area contributed by atoms with Crippen LogP contribution in [0, 0.1) is 5.92 Å². The van der Waals surface area contributed by atoms with Crippen LogP contribution in [-0.2, 0) is 4.79 Å². The van der Waals surface area contributed by atoms with Gasteiger partial charge in [-0.25, -0.2) is 15.0 Å². The van der Waals surface area contributed by atoms with Crippen molar-refractivity contribution in [1.29, 1.82) is 0 Å². The van der Waals surface area contributed by atoms with E-state index in [-0.39, 0.29) is 11.8 Å². The molecule has 8 nitrogen and oxygen atoms in total. The molecule has 8 heteroatoms. The number of aromatic nitrogens is 4. The highest BCUT2D eigenvalue weighted by atomic mass is 16.2. The van der Waals surface area contributed by atoms with Crippen molar-refractivity contribution in [1.82, 2.24) is 24.8 Å². The van der Waals surface area contributed by atoms with Gasteiger partial charge < -0.3 is 14.7 Å². The number of nitrogens with zero attached hydrogens (tertiary/aromatic N) is 7. The van der Waals surface area contributed by atoms with Gasteiger partial charge in [0.05, 0.1) is 17.8 Å². The van der Waals surface area contributed by atoms with E-state index < -0.39 is 0 Å². The second kappa shape index (κ2) is 8.22. The Morgan fingerprint density at radius 2 is 1.77 bits per heavy atom. The molecule has 1 unspecified atom stereocenters. The zero-order chi connectivity index (χ0) is 20.3. The molecule has 2 saturated heterocycles. The third-order valence-corrected chi connectivity index (χ3v) is 6.01. The first-order valence-corrected chi connectivity index (χ1v) is 10.5. The van der Waals surface area contributed by atoms with Crippen LogP contribution in [-0.4, -0.2) is 70.0 Å². The predicted molar refractivity (Wildman–Crippen MR) is 115 cm³/mol. The Hall–Kier alpha value is -3.29. The maximum atomic E-state index is 13.2. The van der Waals surface area contributed by atoms with Gasteiger partial charge in [-0.15, -0.1) is 0 Å². The molecule has 0 N–H and O–H groups in total. The van der Waals surface area contributed by atoms with Crippen molar-refractivity contribution in [3.63, 3.8) is 0 Å². The van der Waals surface area contributed by atoms with Crippen LogP contribution in [0.2, 0.25) is 0 Å². The molecule has 30 heavy (non-hydrogen) atoms. The maximum Gasteiger partial charge on any atom is 0.227 e. The summed E-state index contributed by atoms with van der Waals surface area (Å²) in [6.07, 6.45) is 8.94. The first kappa shape index (κ1) is 18.7. The second-order valence-electron chi connectivity index (χ2n) is 7.88. The Bertz CT molecular complexity index is 1020. The third kappa shape index (κ3) is 3.77. The van der Waals surface area contributed by atoms with Crippen LogP contribution in [0.4, 0.5) is 11.5 Å². The first-order chi connectivity index (χ1) is 14.8. The quantitative estimate of drug-likeness (QED) is 0.662.